The molecule has 0 fully saturated rings. The number of nitrogens with one attached hydrogen (secondary N) is 2. The van der Waals surface area contributed by atoms with E-state index in [-0.39, 0.29) is 0 Å². The Balaban J connectivity index is 3.39. The summed E-state index contributed by atoms with van der Waals surface area (Å²) in [5, 5.41) is 1.81. The van der Waals surface area contributed by atoms with Gasteiger partial charge in [0.2, 0.25) is 0 Å². The third-order valence-corrected chi connectivity index (χ3v) is 0.821. The molecule has 0 aliphatic heterocycles. The Hall–Kier alpha value is -0.910. The molecule has 0 aliphatic rings. The van der Waals surface area contributed by atoms with Crippen LogP contribution in [0.5, 0.6) is 0 Å². The average molecular weight is 149 g/mol. The quantitative estimate of drug-likeness (QED) is 0.445. The van der Waals surface area contributed by atoms with Gasteiger partial charge in [-0.3, -0.25) is 10.0 Å². The topological polar surface area (TPSA) is 84.2 Å². The molecule has 0 bridgehead atoms. The summed E-state index contributed by atoms with van der Waals surface area (Å²) in [6.07, 6.45) is 1.65. The smallest absolute Gasteiger partial charge is 0.332 e. The lowest BCUT2D eigenvalue weighted by Crippen LogP contribution is -2.39. The van der Waals surface area contributed by atoms with E-state index in [1.165, 1.54) is 0 Å². The number of carbonyl (C=O) groups is 2. The molecule has 52 valence electrons. The van der Waals surface area contributed by atoms with Crippen molar-refractivity contribution in [2.75, 3.05) is 6.26 Å². The van der Waals surface area contributed by atoms with Crippen LogP contribution in [-0.2, 0) is 0 Å². The summed E-state index contributed by atoms with van der Waals surface area (Å²) in [7, 11) is 0. The van der Waals surface area contributed by atoms with Crippen LogP contribution in [0.25, 0.3) is 0 Å². The van der Waals surface area contributed by atoms with Gasteiger partial charge in [0.25, 0.3) is 0 Å². The Morgan fingerprint density at radius 1 is 1.56 bits per heavy atom. The van der Waals surface area contributed by atoms with Gasteiger partial charge in [-0.05, 0) is 0 Å². The first-order valence-corrected chi connectivity index (χ1v) is 3.28. The zero-order valence-corrected chi connectivity index (χ0v) is 5.62. The highest BCUT2D eigenvalue weighted by molar-refractivity contribution is 7.97. The fraction of sp³-hybridized carbons (Fsp3) is 0.333. The molecule has 0 aromatic carbocycles. The van der Waals surface area contributed by atoms with Gasteiger partial charge in [0.15, 0.2) is 0 Å². The van der Waals surface area contributed by atoms with Crippen LogP contribution < -0.4 is 15.8 Å². The molecule has 0 heterocycles. The number of nitrogens with two attached hydrogens (primary N) is 1. The molecule has 9 heavy (non-hydrogen) atoms. The summed E-state index contributed by atoms with van der Waals surface area (Å²) >= 11 is 1.08. The minimum absolute atomic E-state index is 0.602. The number of carbonyl (C=O) groups excluding carboxylic acids is 2. The van der Waals surface area contributed by atoms with Gasteiger partial charge in [0.05, 0.1) is 0 Å². The minimum atomic E-state index is -0.860. The molecule has 0 radical (unpaired) electrons. The lowest BCUT2D eigenvalue weighted by atomic mass is 10.9. The molecule has 0 rings (SSSR count). The maximum absolute atomic E-state index is 10.3. The first kappa shape index (κ1) is 8.09. The predicted octanol–water partition coefficient (Wildman–Crippen LogP) is -0.358. The SMILES string of the molecule is CSNC(=O)NC(N)=O. The molecule has 0 aromatic heterocycles. The molecule has 0 aliphatic carbocycles. The van der Waals surface area contributed by atoms with Crippen LogP contribution in [0.3, 0.4) is 0 Å². The van der Waals surface area contributed by atoms with Crippen molar-refractivity contribution < 1.29 is 9.59 Å². The van der Waals surface area contributed by atoms with Gasteiger partial charge in [-0.15, -0.1) is 0 Å². The van der Waals surface area contributed by atoms with E-state index >= 15 is 0 Å². The summed E-state index contributed by atoms with van der Waals surface area (Å²) in [5.41, 5.74) is 4.60. The van der Waals surface area contributed by atoms with Gasteiger partial charge in [0.1, 0.15) is 0 Å². The number of imide groups is 1. The number of rotatable bonds is 1. The fourth-order valence-electron chi connectivity index (χ4n) is 0.230. The molecular formula is C3H7N3O2S. The van der Waals surface area contributed by atoms with Crippen LogP contribution in [-0.4, -0.2) is 18.3 Å². The summed E-state index contributed by atoms with van der Waals surface area (Å²) in [6.45, 7) is 0. The second-order valence-electron chi connectivity index (χ2n) is 1.12. The van der Waals surface area contributed by atoms with Crippen molar-refractivity contribution in [2.45, 2.75) is 0 Å². The Morgan fingerprint density at radius 3 is 2.44 bits per heavy atom. The first-order chi connectivity index (χ1) is 4.16. The number of primary amides is 1. The molecular weight excluding hydrogens is 142 g/mol. The molecule has 0 aromatic rings. The summed E-state index contributed by atoms with van der Waals surface area (Å²) in [6, 6.07) is -1.46. The lowest BCUT2D eigenvalue weighted by Gasteiger charge is -1.97. The highest BCUT2D eigenvalue weighted by Crippen LogP contribution is 1.79. The lowest BCUT2D eigenvalue weighted by molar-refractivity contribution is 0.235. The molecule has 4 N–H and O–H groups in total. The van der Waals surface area contributed by atoms with Gasteiger partial charge in [0, 0.05) is 6.26 Å². The molecule has 4 amide bonds. The first-order valence-electron chi connectivity index (χ1n) is 2.06. The summed E-state index contributed by atoms with van der Waals surface area (Å²) < 4.78 is 2.24. The summed E-state index contributed by atoms with van der Waals surface area (Å²) in [4.78, 5) is 20.2. The van der Waals surface area contributed by atoms with E-state index in [2.05, 4.69) is 10.5 Å². The Morgan fingerprint density at radius 2 is 2.11 bits per heavy atom. The molecule has 6 heteroatoms. The van der Waals surface area contributed by atoms with E-state index in [9.17, 15) is 9.59 Å². The maximum Gasteiger partial charge on any atom is 0.332 e. The molecule has 0 saturated heterocycles. The van der Waals surface area contributed by atoms with Crippen LogP contribution in [0.1, 0.15) is 0 Å². The number of hydrogen-bond donors (Lipinski definition) is 3. The van der Waals surface area contributed by atoms with Gasteiger partial charge in [-0.2, -0.15) is 0 Å². The molecule has 0 saturated carbocycles. The number of amides is 4. The van der Waals surface area contributed by atoms with E-state index in [4.69, 9.17) is 0 Å². The monoisotopic (exact) mass is 149 g/mol. The molecule has 0 spiro atoms. The van der Waals surface area contributed by atoms with E-state index in [1.54, 1.807) is 6.26 Å². The van der Waals surface area contributed by atoms with Crippen molar-refractivity contribution in [3.8, 4) is 0 Å². The standard InChI is InChI=1S/C3H7N3O2S/c1-9-6-3(8)5-2(4)7/h1H3,(H4,4,5,6,7,8). The van der Waals surface area contributed by atoms with Crippen molar-refractivity contribution >= 4 is 24.0 Å². The second-order valence-corrected chi connectivity index (χ2v) is 1.74. The number of urea groups is 2. The van der Waals surface area contributed by atoms with E-state index in [0.29, 0.717) is 0 Å². The van der Waals surface area contributed by atoms with Crippen LogP contribution in [0.2, 0.25) is 0 Å². The predicted molar refractivity (Wildman–Crippen MR) is 34.8 cm³/mol. The Labute approximate surface area is 56.5 Å². The van der Waals surface area contributed by atoms with Crippen molar-refractivity contribution in [3.05, 3.63) is 0 Å². The van der Waals surface area contributed by atoms with Crippen LogP contribution >= 0.6 is 11.9 Å². The maximum atomic E-state index is 10.3. The highest BCUT2D eigenvalue weighted by atomic mass is 32.2. The van der Waals surface area contributed by atoms with Crippen molar-refractivity contribution in [1.29, 1.82) is 0 Å². The third kappa shape index (κ3) is 4.95. The Kier molecular flexibility index (Phi) is 3.61. The van der Waals surface area contributed by atoms with Crippen LogP contribution in [0, 0.1) is 0 Å². The summed E-state index contributed by atoms with van der Waals surface area (Å²) in [5.74, 6) is 0. The fourth-order valence-corrected chi connectivity index (χ4v) is 0.467. The van der Waals surface area contributed by atoms with Crippen LogP contribution in [0.4, 0.5) is 9.59 Å². The van der Waals surface area contributed by atoms with Gasteiger partial charge in [-0.25, -0.2) is 9.59 Å². The molecule has 5 nitrogen and oxygen atoms in total. The second kappa shape index (κ2) is 4.02. The van der Waals surface area contributed by atoms with Crippen molar-refractivity contribution in [2.24, 2.45) is 5.73 Å². The Bertz CT molecular complexity index is 126. The third-order valence-electron chi connectivity index (χ3n) is 0.431. The van der Waals surface area contributed by atoms with Gasteiger partial charge in [-0.1, -0.05) is 11.9 Å². The average Bonchev–Trinajstić information content (AvgIpc) is 1.63. The molecule has 0 atom stereocenters. The van der Waals surface area contributed by atoms with Gasteiger partial charge < -0.3 is 5.73 Å². The largest absolute Gasteiger partial charge is 0.351 e. The van der Waals surface area contributed by atoms with E-state index in [1.807, 2.05) is 5.32 Å². The van der Waals surface area contributed by atoms with Crippen LogP contribution in [0.15, 0.2) is 0 Å². The number of hydrogen-bond acceptors (Lipinski definition) is 3. The zero-order valence-electron chi connectivity index (χ0n) is 4.80. The van der Waals surface area contributed by atoms with Gasteiger partial charge >= 0.3 is 12.1 Å². The van der Waals surface area contributed by atoms with E-state index < -0.39 is 12.1 Å². The normalized spacial score (nSPS) is 8.11. The zero-order chi connectivity index (χ0) is 7.28. The minimum Gasteiger partial charge on any atom is -0.351 e. The van der Waals surface area contributed by atoms with E-state index in [0.717, 1.165) is 11.9 Å². The highest BCUT2D eigenvalue weighted by Gasteiger charge is 1.98. The van der Waals surface area contributed by atoms with Crippen molar-refractivity contribution in [1.82, 2.24) is 10.0 Å². The molecule has 0 unspecified atom stereocenters. The van der Waals surface area contributed by atoms with Crippen molar-refractivity contribution in [3.63, 3.8) is 0 Å².